The van der Waals surface area contributed by atoms with Crippen molar-refractivity contribution in [2.24, 2.45) is 0 Å². The minimum Gasteiger partial charge on any atom is -0.379 e. The van der Waals surface area contributed by atoms with Crippen molar-refractivity contribution in [1.82, 2.24) is 4.90 Å². The monoisotopic (exact) mass is 411 g/mol. The number of nitrogens with zero attached hydrogens (tertiary/aromatic N) is 1. The first-order chi connectivity index (χ1) is 14.2. The van der Waals surface area contributed by atoms with Crippen molar-refractivity contribution >= 4 is 34.5 Å². The molecule has 2 N–H and O–H groups in total. The summed E-state index contributed by atoms with van der Waals surface area (Å²) in [5.74, 6) is -0.119. The molecule has 0 bridgehead atoms. The van der Waals surface area contributed by atoms with Crippen molar-refractivity contribution in [2.75, 3.05) is 43.5 Å². The Morgan fingerprint density at radius 3 is 2.69 bits per heavy atom. The Balaban J connectivity index is 1.28. The zero-order valence-electron chi connectivity index (χ0n) is 16.4. The van der Waals surface area contributed by atoms with Crippen LogP contribution in [-0.2, 0) is 16.0 Å². The van der Waals surface area contributed by atoms with Crippen LogP contribution in [0.5, 0.6) is 0 Å². The smallest absolute Gasteiger partial charge is 0.257 e. The molecule has 5 nitrogen and oxygen atoms in total. The first kappa shape index (κ1) is 20.0. The van der Waals surface area contributed by atoms with Crippen LogP contribution in [-0.4, -0.2) is 43.7 Å². The lowest BCUT2D eigenvalue weighted by atomic mass is 10.1. The highest BCUT2D eigenvalue weighted by atomic mass is 35.5. The number of rotatable bonds is 7. The molecule has 2 aromatic rings. The van der Waals surface area contributed by atoms with E-state index in [-0.39, 0.29) is 5.91 Å². The standard InChI is InChI=1S/C23H26ClN3O2/c24-18-6-9-22-20(15-18)21(23(28)26-22)16-25-19-7-4-17(5-8-19)3-1-2-10-27-11-13-29-14-12-27/h4-9,15-16,25H,1-3,10-14H2,(H,26,28)/b21-16+. The molecule has 0 aliphatic carbocycles. The van der Waals surface area contributed by atoms with Crippen LogP contribution in [0, 0.1) is 0 Å². The molecule has 2 heterocycles. The molecule has 4 rings (SSSR count). The van der Waals surface area contributed by atoms with Gasteiger partial charge in [-0.05, 0) is 61.7 Å². The molecule has 1 amide bonds. The number of carbonyl (C=O) groups excluding carboxylic acids is 1. The number of unbranched alkanes of at least 4 members (excludes halogenated alkanes) is 1. The Morgan fingerprint density at radius 2 is 1.90 bits per heavy atom. The molecule has 6 heteroatoms. The lowest BCUT2D eigenvalue weighted by molar-refractivity contribution is -0.110. The molecule has 0 aromatic heterocycles. The summed E-state index contributed by atoms with van der Waals surface area (Å²) in [6, 6.07) is 13.8. The Morgan fingerprint density at radius 1 is 1.10 bits per heavy atom. The Kier molecular flexibility index (Phi) is 6.49. The molecule has 0 unspecified atom stereocenters. The van der Waals surface area contributed by atoms with Gasteiger partial charge in [0.15, 0.2) is 0 Å². The molecule has 0 radical (unpaired) electrons. The minimum atomic E-state index is -0.119. The first-order valence-corrected chi connectivity index (χ1v) is 10.5. The average molecular weight is 412 g/mol. The maximum atomic E-state index is 12.2. The summed E-state index contributed by atoms with van der Waals surface area (Å²) in [6.45, 7) is 5.01. The number of benzene rings is 2. The quantitative estimate of drug-likeness (QED) is 0.523. The molecule has 0 saturated carbocycles. The zero-order chi connectivity index (χ0) is 20.1. The van der Waals surface area contributed by atoms with E-state index in [1.54, 1.807) is 12.3 Å². The van der Waals surface area contributed by atoms with E-state index in [2.05, 4.69) is 39.8 Å². The van der Waals surface area contributed by atoms with Crippen molar-refractivity contribution in [3.63, 3.8) is 0 Å². The molecule has 2 aromatic carbocycles. The van der Waals surface area contributed by atoms with Gasteiger partial charge in [0.2, 0.25) is 0 Å². The average Bonchev–Trinajstić information content (AvgIpc) is 3.05. The summed E-state index contributed by atoms with van der Waals surface area (Å²) in [5, 5.41) is 6.70. The number of fused-ring (bicyclic) bond motifs is 1. The predicted molar refractivity (Wildman–Crippen MR) is 118 cm³/mol. The van der Waals surface area contributed by atoms with Crippen LogP contribution in [0.3, 0.4) is 0 Å². The fourth-order valence-corrected chi connectivity index (χ4v) is 3.89. The van der Waals surface area contributed by atoms with E-state index >= 15 is 0 Å². The predicted octanol–water partition coefficient (Wildman–Crippen LogP) is 4.40. The molecule has 152 valence electrons. The van der Waals surface area contributed by atoms with E-state index in [9.17, 15) is 4.79 Å². The third kappa shape index (κ3) is 5.18. The van der Waals surface area contributed by atoms with Gasteiger partial charge in [0.25, 0.3) is 5.91 Å². The third-order valence-corrected chi connectivity index (χ3v) is 5.63. The summed E-state index contributed by atoms with van der Waals surface area (Å²) < 4.78 is 5.39. The Labute approximate surface area is 176 Å². The minimum absolute atomic E-state index is 0.119. The molecule has 29 heavy (non-hydrogen) atoms. The third-order valence-electron chi connectivity index (χ3n) is 5.40. The van der Waals surface area contributed by atoms with Crippen molar-refractivity contribution < 1.29 is 9.53 Å². The van der Waals surface area contributed by atoms with Crippen molar-refractivity contribution in [1.29, 1.82) is 0 Å². The second-order valence-electron chi connectivity index (χ2n) is 7.45. The topological polar surface area (TPSA) is 53.6 Å². The Hall–Kier alpha value is -2.34. The second-order valence-corrected chi connectivity index (χ2v) is 7.89. The summed E-state index contributed by atoms with van der Waals surface area (Å²) in [4.78, 5) is 14.7. The highest BCUT2D eigenvalue weighted by molar-refractivity contribution is 6.34. The number of hydrogen-bond donors (Lipinski definition) is 2. The summed E-state index contributed by atoms with van der Waals surface area (Å²) in [7, 11) is 0. The maximum Gasteiger partial charge on any atom is 0.257 e. The van der Waals surface area contributed by atoms with Crippen molar-refractivity contribution in [3.05, 3.63) is 64.8 Å². The molecule has 1 saturated heterocycles. The van der Waals surface area contributed by atoms with Crippen molar-refractivity contribution in [3.8, 4) is 0 Å². The van der Waals surface area contributed by atoms with Gasteiger partial charge in [-0.1, -0.05) is 23.7 Å². The van der Waals surface area contributed by atoms with Gasteiger partial charge in [0.1, 0.15) is 0 Å². The van der Waals surface area contributed by atoms with E-state index in [4.69, 9.17) is 16.3 Å². The molecular formula is C23H26ClN3O2. The number of amides is 1. The van der Waals surface area contributed by atoms with Crippen LogP contribution in [0.1, 0.15) is 24.0 Å². The van der Waals surface area contributed by atoms with Crippen LogP contribution in [0.2, 0.25) is 5.02 Å². The van der Waals surface area contributed by atoms with Gasteiger partial charge >= 0.3 is 0 Å². The molecule has 2 aliphatic rings. The first-order valence-electron chi connectivity index (χ1n) is 10.2. The van der Waals surface area contributed by atoms with E-state index in [0.29, 0.717) is 10.6 Å². The molecule has 1 fully saturated rings. The summed E-state index contributed by atoms with van der Waals surface area (Å²) in [5.41, 5.74) is 4.50. The molecular weight excluding hydrogens is 386 g/mol. The van der Waals surface area contributed by atoms with Crippen LogP contribution in [0.25, 0.3) is 5.57 Å². The van der Waals surface area contributed by atoms with Crippen LogP contribution in [0.15, 0.2) is 48.7 Å². The van der Waals surface area contributed by atoms with Gasteiger partial charge < -0.3 is 15.4 Å². The Bertz CT molecular complexity index is 889. The van der Waals surface area contributed by atoms with Gasteiger partial charge in [0, 0.05) is 41.3 Å². The van der Waals surface area contributed by atoms with Gasteiger partial charge in [-0.25, -0.2) is 0 Å². The lowest BCUT2D eigenvalue weighted by Crippen LogP contribution is -2.36. The molecule has 0 atom stereocenters. The number of aryl methyl sites for hydroxylation is 1. The summed E-state index contributed by atoms with van der Waals surface area (Å²) >= 11 is 6.07. The largest absolute Gasteiger partial charge is 0.379 e. The van der Waals surface area contributed by atoms with Gasteiger partial charge in [-0.2, -0.15) is 0 Å². The number of anilines is 2. The highest BCUT2D eigenvalue weighted by Gasteiger charge is 2.24. The van der Waals surface area contributed by atoms with Crippen LogP contribution < -0.4 is 10.6 Å². The lowest BCUT2D eigenvalue weighted by Gasteiger charge is -2.26. The normalized spacial score (nSPS) is 18.0. The van der Waals surface area contributed by atoms with E-state index < -0.39 is 0 Å². The number of ether oxygens (including phenoxy) is 1. The SMILES string of the molecule is O=C1Nc2ccc(Cl)cc2/C1=C\Nc1ccc(CCCCN2CCOCC2)cc1. The van der Waals surface area contributed by atoms with Crippen LogP contribution in [0.4, 0.5) is 11.4 Å². The van der Waals surface area contributed by atoms with E-state index in [1.807, 2.05) is 12.1 Å². The number of morpholine rings is 1. The molecule has 2 aliphatic heterocycles. The number of carbonyl (C=O) groups is 1. The number of hydrogen-bond acceptors (Lipinski definition) is 4. The maximum absolute atomic E-state index is 12.2. The number of halogens is 1. The summed E-state index contributed by atoms with van der Waals surface area (Å²) in [6.07, 6.45) is 5.23. The highest BCUT2D eigenvalue weighted by Crippen LogP contribution is 2.33. The number of nitrogens with one attached hydrogen (secondary N) is 2. The van der Waals surface area contributed by atoms with Gasteiger partial charge in [-0.15, -0.1) is 0 Å². The fourth-order valence-electron chi connectivity index (χ4n) is 3.72. The van der Waals surface area contributed by atoms with Crippen molar-refractivity contribution in [2.45, 2.75) is 19.3 Å². The fraction of sp³-hybridized carbons (Fsp3) is 0.348. The zero-order valence-corrected chi connectivity index (χ0v) is 17.2. The van der Waals surface area contributed by atoms with Crippen LogP contribution >= 0.6 is 11.6 Å². The van der Waals surface area contributed by atoms with Gasteiger partial charge in [-0.3, -0.25) is 9.69 Å². The van der Waals surface area contributed by atoms with E-state index in [1.165, 1.54) is 18.4 Å². The molecule has 0 spiro atoms. The van der Waals surface area contributed by atoms with E-state index in [0.717, 1.165) is 56.2 Å². The van der Waals surface area contributed by atoms with Gasteiger partial charge in [0.05, 0.1) is 18.8 Å². The second kappa shape index (κ2) is 9.44.